The standard InChI is InChI=1S/C12H20O4.Na.H/c1-2-3-4-5-6-7-10-16-12(15)9-8-11(13)14;;/h8-9H,2-7,10H2,1H3,(H,13,14);;/b9-8-;;. The summed E-state index contributed by atoms with van der Waals surface area (Å²) in [6.45, 7) is 2.53. The van der Waals surface area contributed by atoms with Crippen LogP contribution in [0.1, 0.15) is 45.4 Å². The predicted octanol–water partition coefficient (Wildman–Crippen LogP) is 1.88. The van der Waals surface area contributed by atoms with Crippen molar-refractivity contribution in [2.24, 2.45) is 0 Å². The average Bonchev–Trinajstić information content (AvgIpc) is 2.25. The van der Waals surface area contributed by atoms with E-state index in [4.69, 9.17) is 9.84 Å². The van der Waals surface area contributed by atoms with Gasteiger partial charge in [0.15, 0.2) is 0 Å². The third-order valence-corrected chi connectivity index (χ3v) is 2.10. The maximum atomic E-state index is 10.9. The summed E-state index contributed by atoms with van der Waals surface area (Å²) in [5.74, 6) is -1.73. The molecule has 0 saturated carbocycles. The summed E-state index contributed by atoms with van der Waals surface area (Å²) in [4.78, 5) is 21.0. The van der Waals surface area contributed by atoms with E-state index in [2.05, 4.69) is 6.92 Å². The van der Waals surface area contributed by atoms with Crippen LogP contribution in [-0.4, -0.2) is 53.2 Å². The first-order chi connectivity index (χ1) is 7.66. The van der Waals surface area contributed by atoms with Crippen molar-refractivity contribution in [2.75, 3.05) is 6.61 Å². The average molecular weight is 252 g/mol. The van der Waals surface area contributed by atoms with Crippen LogP contribution in [0.4, 0.5) is 0 Å². The number of hydrogen-bond acceptors (Lipinski definition) is 3. The van der Waals surface area contributed by atoms with Gasteiger partial charge in [0.1, 0.15) is 0 Å². The van der Waals surface area contributed by atoms with Crippen molar-refractivity contribution in [2.45, 2.75) is 45.4 Å². The van der Waals surface area contributed by atoms with Gasteiger partial charge in [0.25, 0.3) is 0 Å². The summed E-state index contributed by atoms with van der Waals surface area (Å²) in [5.41, 5.74) is 0. The summed E-state index contributed by atoms with van der Waals surface area (Å²) in [6.07, 6.45) is 8.46. The van der Waals surface area contributed by atoms with Gasteiger partial charge in [-0.25, -0.2) is 9.59 Å². The molecule has 0 heterocycles. The SMILES string of the molecule is CCCCCCCCOC(=O)/C=C\C(=O)O.[NaH]. The number of aliphatic carboxylic acids is 1. The quantitative estimate of drug-likeness (QED) is 0.294. The molecule has 1 N–H and O–H groups in total. The zero-order valence-corrected chi connectivity index (χ0v) is 9.78. The first-order valence-corrected chi connectivity index (χ1v) is 5.74. The number of ether oxygens (including phenoxy) is 1. The molecule has 0 unspecified atom stereocenters. The molecule has 0 fully saturated rings. The van der Waals surface area contributed by atoms with E-state index in [-0.39, 0.29) is 29.6 Å². The van der Waals surface area contributed by atoms with Gasteiger partial charge < -0.3 is 9.84 Å². The van der Waals surface area contributed by atoms with Crippen LogP contribution in [0.2, 0.25) is 0 Å². The number of carbonyl (C=O) groups is 2. The Kier molecular flexibility index (Phi) is 15.4. The molecule has 0 saturated heterocycles. The molecule has 0 aliphatic rings. The summed E-state index contributed by atoms with van der Waals surface area (Å²) in [5, 5.41) is 8.26. The van der Waals surface area contributed by atoms with Gasteiger partial charge in [-0.15, -0.1) is 0 Å². The van der Waals surface area contributed by atoms with Gasteiger partial charge in [0.2, 0.25) is 0 Å². The fraction of sp³-hybridized carbons (Fsp3) is 0.667. The normalized spacial score (nSPS) is 9.94. The molecule has 17 heavy (non-hydrogen) atoms. The summed E-state index contributed by atoms with van der Waals surface area (Å²) in [6, 6.07) is 0. The number of carbonyl (C=O) groups excluding carboxylic acids is 1. The van der Waals surface area contributed by atoms with Gasteiger partial charge in [-0.1, -0.05) is 39.0 Å². The van der Waals surface area contributed by atoms with Gasteiger partial charge in [0, 0.05) is 12.2 Å². The van der Waals surface area contributed by atoms with Crippen molar-refractivity contribution in [3.63, 3.8) is 0 Å². The molecule has 5 heteroatoms. The van der Waals surface area contributed by atoms with Crippen LogP contribution in [-0.2, 0) is 14.3 Å². The molecule has 0 aromatic carbocycles. The van der Waals surface area contributed by atoms with E-state index < -0.39 is 11.9 Å². The molecule has 0 aromatic heterocycles. The Hall–Kier alpha value is -0.320. The van der Waals surface area contributed by atoms with Crippen LogP contribution >= 0.6 is 0 Å². The molecule has 0 aliphatic heterocycles. The van der Waals surface area contributed by atoms with Crippen LogP contribution < -0.4 is 0 Å². The van der Waals surface area contributed by atoms with Crippen LogP contribution in [0.15, 0.2) is 12.2 Å². The van der Waals surface area contributed by atoms with Crippen LogP contribution in [0.5, 0.6) is 0 Å². The molecule has 0 rings (SSSR count). The van der Waals surface area contributed by atoms with E-state index in [9.17, 15) is 9.59 Å². The fourth-order valence-electron chi connectivity index (χ4n) is 1.24. The van der Waals surface area contributed by atoms with E-state index >= 15 is 0 Å². The van der Waals surface area contributed by atoms with E-state index in [1.165, 1.54) is 19.3 Å². The zero-order chi connectivity index (χ0) is 12.2. The Morgan fingerprint density at radius 2 is 1.65 bits per heavy atom. The van der Waals surface area contributed by atoms with Crippen molar-refractivity contribution in [1.82, 2.24) is 0 Å². The zero-order valence-electron chi connectivity index (χ0n) is 9.78. The Balaban J connectivity index is 0. The molecule has 0 radical (unpaired) electrons. The first-order valence-electron chi connectivity index (χ1n) is 5.74. The number of esters is 1. The van der Waals surface area contributed by atoms with Gasteiger partial charge in [-0.3, -0.25) is 0 Å². The van der Waals surface area contributed by atoms with E-state index in [1.807, 2.05) is 0 Å². The van der Waals surface area contributed by atoms with Gasteiger partial charge in [-0.05, 0) is 6.42 Å². The molecule has 0 aliphatic carbocycles. The van der Waals surface area contributed by atoms with Gasteiger partial charge in [0.05, 0.1) is 6.61 Å². The summed E-state index contributed by atoms with van der Waals surface area (Å²) < 4.78 is 4.81. The molecule has 0 aromatic rings. The van der Waals surface area contributed by atoms with Crippen LogP contribution in [0.25, 0.3) is 0 Å². The van der Waals surface area contributed by atoms with Crippen molar-refractivity contribution in [3.05, 3.63) is 12.2 Å². The molecule has 0 amide bonds. The summed E-state index contributed by atoms with van der Waals surface area (Å²) >= 11 is 0. The number of unbranched alkanes of at least 4 members (excludes halogenated alkanes) is 5. The second-order valence-corrected chi connectivity index (χ2v) is 3.61. The van der Waals surface area contributed by atoms with E-state index in [0.717, 1.165) is 31.4 Å². The third-order valence-electron chi connectivity index (χ3n) is 2.10. The molecule has 0 atom stereocenters. The molecule has 94 valence electrons. The monoisotopic (exact) mass is 252 g/mol. The van der Waals surface area contributed by atoms with Crippen molar-refractivity contribution in [1.29, 1.82) is 0 Å². The third kappa shape index (κ3) is 15.7. The Morgan fingerprint density at radius 1 is 1.06 bits per heavy atom. The molecule has 0 spiro atoms. The van der Waals surface area contributed by atoms with Crippen LogP contribution in [0.3, 0.4) is 0 Å². The second-order valence-electron chi connectivity index (χ2n) is 3.61. The van der Waals surface area contributed by atoms with Crippen molar-refractivity contribution < 1.29 is 19.4 Å². The molecular formula is C12H21NaO4. The van der Waals surface area contributed by atoms with Crippen LogP contribution in [0, 0.1) is 0 Å². The van der Waals surface area contributed by atoms with E-state index in [1.54, 1.807) is 0 Å². The van der Waals surface area contributed by atoms with Crippen molar-refractivity contribution >= 4 is 41.5 Å². The maximum absolute atomic E-state index is 10.9. The van der Waals surface area contributed by atoms with Gasteiger partial charge in [-0.2, -0.15) is 0 Å². The Bertz CT molecular complexity index is 239. The Labute approximate surface area is 125 Å². The van der Waals surface area contributed by atoms with E-state index in [0.29, 0.717) is 6.61 Å². The Morgan fingerprint density at radius 3 is 2.24 bits per heavy atom. The molecular weight excluding hydrogens is 231 g/mol. The predicted molar refractivity (Wildman–Crippen MR) is 68.3 cm³/mol. The first kappa shape index (κ1) is 19.0. The number of carboxylic acids is 1. The molecule has 4 nitrogen and oxygen atoms in total. The number of carboxylic acid groups (broad SMARTS) is 1. The van der Waals surface area contributed by atoms with Gasteiger partial charge >= 0.3 is 41.5 Å². The second kappa shape index (κ2) is 13.7. The van der Waals surface area contributed by atoms with Crippen molar-refractivity contribution in [3.8, 4) is 0 Å². The molecule has 0 bridgehead atoms. The number of hydrogen-bond donors (Lipinski definition) is 1. The minimum atomic E-state index is -1.14. The number of rotatable bonds is 9. The minimum absolute atomic E-state index is 0. The fourth-order valence-corrected chi connectivity index (χ4v) is 1.24. The topological polar surface area (TPSA) is 63.6 Å². The summed E-state index contributed by atoms with van der Waals surface area (Å²) in [7, 11) is 0.